The van der Waals surface area contributed by atoms with Crippen molar-refractivity contribution in [3.05, 3.63) is 29.6 Å². The van der Waals surface area contributed by atoms with Gasteiger partial charge in [0.1, 0.15) is 11.6 Å². The minimum absolute atomic E-state index is 0.215. The second-order valence-electron chi connectivity index (χ2n) is 4.56. The number of benzene rings is 1. The maximum absolute atomic E-state index is 13.1. The van der Waals surface area contributed by atoms with Crippen LogP contribution in [0.5, 0.6) is 5.75 Å². The van der Waals surface area contributed by atoms with Crippen molar-refractivity contribution in [1.82, 2.24) is 10.6 Å². The fourth-order valence-corrected chi connectivity index (χ4v) is 1.74. The molecule has 0 heterocycles. The van der Waals surface area contributed by atoms with E-state index in [-0.39, 0.29) is 5.82 Å². The molecule has 2 N–H and O–H groups in total. The van der Waals surface area contributed by atoms with Crippen LogP contribution in [0.15, 0.2) is 18.2 Å². The maximum Gasteiger partial charge on any atom is 0.123 e. The Hall–Kier alpha value is -1.13. The molecule has 0 saturated heterocycles. The van der Waals surface area contributed by atoms with Gasteiger partial charge in [0.25, 0.3) is 0 Å². The van der Waals surface area contributed by atoms with Crippen molar-refractivity contribution >= 4 is 0 Å². The molecule has 3 nitrogen and oxygen atoms in total. The van der Waals surface area contributed by atoms with E-state index in [0.29, 0.717) is 6.04 Å². The summed E-state index contributed by atoms with van der Waals surface area (Å²) in [6.07, 6.45) is 0.766. The third-order valence-corrected chi connectivity index (χ3v) is 2.67. The molecule has 0 aliphatic heterocycles. The van der Waals surface area contributed by atoms with E-state index in [0.717, 1.165) is 37.4 Å². The summed E-state index contributed by atoms with van der Waals surface area (Å²) in [4.78, 5) is 0. The lowest BCUT2D eigenvalue weighted by atomic mass is 10.1. The van der Waals surface area contributed by atoms with Gasteiger partial charge in [0.2, 0.25) is 0 Å². The van der Waals surface area contributed by atoms with Crippen LogP contribution in [0.3, 0.4) is 0 Å². The highest BCUT2D eigenvalue weighted by atomic mass is 19.1. The average molecular weight is 254 g/mol. The lowest BCUT2D eigenvalue weighted by molar-refractivity contribution is 0.407. The second kappa shape index (κ2) is 8.06. The first-order valence-electron chi connectivity index (χ1n) is 6.40. The molecule has 1 aromatic rings. The SMILES string of the molecule is COc1ccc(F)cc1CCNCCNC(C)C. The third-order valence-electron chi connectivity index (χ3n) is 2.67. The van der Waals surface area contributed by atoms with Gasteiger partial charge in [0.15, 0.2) is 0 Å². The zero-order valence-electron chi connectivity index (χ0n) is 11.4. The molecule has 102 valence electrons. The number of hydrogen-bond donors (Lipinski definition) is 2. The van der Waals surface area contributed by atoms with Gasteiger partial charge in [-0.2, -0.15) is 0 Å². The number of ether oxygens (including phenoxy) is 1. The summed E-state index contributed by atoms with van der Waals surface area (Å²) >= 11 is 0. The minimum atomic E-state index is -0.215. The van der Waals surface area contributed by atoms with E-state index in [1.165, 1.54) is 12.1 Å². The van der Waals surface area contributed by atoms with Crippen LogP contribution >= 0.6 is 0 Å². The summed E-state index contributed by atoms with van der Waals surface area (Å²) in [5.74, 6) is 0.533. The predicted octanol–water partition coefficient (Wildman–Crippen LogP) is 1.96. The van der Waals surface area contributed by atoms with E-state index < -0.39 is 0 Å². The lowest BCUT2D eigenvalue weighted by Crippen LogP contribution is -2.32. The van der Waals surface area contributed by atoms with Gasteiger partial charge in [-0.3, -0.25) is 0 Å². The van der Waals surface area contributed by atoms with Crippen molar-refractivity contribution < 1.29 is 9.13 Å². The molecule has 0 aliphatic rings. The molecule has 0 radical (unpaired) electrons. The molecule has 0 aliphatic carbocycles. The molecule has 4 heteroatoms. The Labute approximate surface area is 109 Å². The first-order valence-corrected chi connectivity index (χ1v) is 6.40. The summed E-state index contributed by atoms with van der Waals surface area (Å²) in [5, 5.41) is 6.65. The Kier molecular flexibility index (Phi) is 6.68. The summed E-state index contributed by atoms with van der Waals surface area (Å²) < 4.78 is 18.3. The number of hydrogen-bond acceptors (Lipinski definition) is 3. The molecule has 0 amide bonds. The number of nitrogens with one attached hydrogen (secondary N) is 2. The molecule has 18 heavy (non-hydrogen) atoms. The number of rotatable bonds is 8. The number of halogens is 1. The zero-order valence-corrected chi connectivity index (χ0v) is 11.4. The Morgan fingerprint density at radius 1 is 1.22 bits per heavy atom. The molecule has 0 spiro atoms. The van der Waals surface area contributed by atoms with Crippen LogP contribution in [-0.2, 0) is 6.42 Å². The monoisotopic (exact) mass is 254 g/mol. The first-order chi connectivity index (χ1) is 8.63. The summed E-state index contributed by atoms with van der Waals surface area (Å²) in [7, 11) is 1.61. The molecular weight excluding hydrogens is 231 g/mol. The van der Waals surface area contributed by atoms with Crippen molar-refractivity contribution in [2.24, 2.45) is 0 Å². The van der Waals surface area contributed by atoms with Crippen molar-refractivity contribution in [3.63, 3.8) is 0 Å². The van der Waals surface area contributed by atoms with Crippen LogP contribution in [0.4, 0.5) is 4.39 Å². The zero-order chi connectivity index (χ0) is 13.4. The van der Waals surface area contributed by atoms with Gasteiger partial charge in [-0.1, -0.05) is 13.8 Å². The van der Waals surface area contributed by atoms with Gasteiger partial charge in [0.05, 0.1) is 7.11 Å². The normalized spacial score (nSPS) is 10.9. The van der Waals surface area contributed by atoms with E-state index in [1.807, 2.05) is 0 Å². The van der Waals surface area contributed by atoms with Gasteiger partial charge in [-0.15, -0.1) is 0 Å². The van der Waals surface area contributed by atoms with Crippen LogP contribution in [0, 0.1) is 5.82 Å². The van der Waals surface area contributed by atoms with E-state index in [9.17, 15) is 4.39 Å². The highest BCUT2D eigenvalue weighted by molar-refractivity contribution is 5.34. The van der Waals surface area contributed by atoms with Crippen molar-refractivity contribution in [1.29, 1.82) is 0 Å². The average Bonchev–Trinajstić information content (AvgIpc) is 2.33. The highest BCUT2D eigenvalue weighted by Gasteiger charge is 2.04. The Bertz CT molecular complexity index is 356. The van der Waals surface area contributed by atoms with Crippen molar-refractivity contribution in [3.8, 4) is 5.75 Å². The summed E-state index contributed by atoms with van der Waals surface area (Å²) in [5.41, 5.74) is 0.904. The molecule has 1 rings (SSSR count). The molecular formula is C14H23FN2O. The Balaban J connectivity index is 2.28. The molecule has 0 bridgehead atoms. The van der Waals surface area contributed by atoms with Crippen LogP contribution in [0.25, 0.3) is 0 Å². The Morgan fingerprint density at radius 2 is 2.00 bits per heavy atom. The molecule has 0 unspecified atom stereocenters. The molecule has 0 atom stereocenters. The van der Waals surface area contributed by atoms with Gasteiger partial charge >= 0.3 is 0 Å². The molecule has 0 saturated carbocycles. The third kappa shape index (κ3) is 5.47. The molecule has 1 aromatic carbocycles. The second-order valence-corrected chi connectivity index (χ2v) is 4.56. The quantitative estimate of drug-likeness (QED) is 0.696. The van der Waals surface area contributed by atoms with Gasteiger partial charge in [0, 0.05) is 19.1 Å². The lowest BCUT2D eigenvalue weighted by Gasteiger charge is -2.11. The fraction of sp³-hybridized carbons (Fsp3) is 0.571. The maximum atomic E-state index is 13.1. The minimum Gasteiger partial charge on any atom is -0.496 e. The van der Waals surface area contributed by atoms with E-state index in [2.05, 4.69) is 24.5 Å². The smallest absolute Gasteiger partial charge is 0.123 e. The van der Waals surface area contributed by atoms with Gasteiger partial charge in [-0.25, -0.2) is 4.39 Å². The van der Waals surface area contributed by atoms with Gasteiger partial charge < -0.3 is 15.4 Å². The largest absolute Gasteiger partial charge is 0.496 e. The molecule has 0 aromatic heterocycles. The van der Waals surface area contributed by atoms with Crippen LogP contribution in [0.2, 0.25) is 0 Å². The number of methoxy groups -OCH3 is 1. The van der Waals surface area contributed by atoms with Crippen molar-refractivity contribution in [2.45, 2.75) is 26.3 Å². The topological polar surface area (TPSA) is 33.3 Å². The van der Waals surface area contributed by atoms with Crippen molar-refractivity contribution in [2.75, 3.05) is 26.7 Å². The van der Waals surface area contributed by atoms with E-state index in [1.54, 1.807) is 13.2 Å². The van der Waals surface area contributed by atoms with Gasteiger partial charge in [-0.05, 0) is 36.7 Å². The van der Waals surface area contributed by atoms with E-state index >= 15 is 0 Å². The van der Waals surface area contributed by atoms with E-state index in [4.69, 9.17) is 4.74 Å². The van der Waals surface area contributed by atoms with Crippen LogP contribution < -0.4 is 15.4 Å². The first kappa shape index (κ1) is 14.9. The van der Waals surface area contributed by atoms with Crippen LogP contribution in [0.1, 0.15) is 19.4 Å². The standard InChI is InChI=1S/C14H23FN2O/c1-11(2)17-9-8-16-7-6-12-10-13(15)4-5-14(12)18-3/h4-5,10-11,16-17H,6-9H2,1-3H3. The highest BCUT2D eigenvalue weighted by Crippen LogP contribution is 2.19. The predicted molar refractivity (Wildman–Crippen MR) is 72.7 cm³/mol. The Morgan fingerprint density at radius 3 is 2.67 bits per heavy atom. The fourth-order valence-electron chi connectivity index (χ4n) is 1.74. The summed E-state index contributed by atoms with van der Waals surface area (Å²) in [6, 6.07) is 5.13. The summed E-state index contributed by atoms with van der Waals surface area (Å²) in [6.45, 7) is 6.92. The van der Waals surface area contributed by atoms with Crippen LogP contribution in [-0.4, -0.2) is 32.8 Å². The molecule has 0 fully saturated rings.